The van der Waals surface area contributed by atoms with E-state index in [0.29, 0.717) is 12.0 Å². The molecule has 0 aliphatic rings. The number of halogens is 2. The average molecular weight is 268 g/mol. The zero-order valence-corrected chi connectivity index (χ0v) is 9.68. The van der Waals surface area contributed by atoms with Gasteiger partial charge in [-0.25, -0.2) is 8.42 Å². The molecule has 0 saturated carbocycles. The van der Waals surface area contributed by atoms with Gasteiger partial charge in [-0.3, -0.25) is 10.1 Å². The van der Waals surface area contributed by atoms with Crippen molar-refractivity contribution >= 4 is 25.4 Å². The number of nitro groups is 1. The number of rotatable bonds is 3. The summed E-state index contributed by atoms with van der Waals surface area (Å²) >= 11 is 0. The summed E-state index contributed by atoms with van der Waals surface area (Å²) in [6.07, 6.45) is 0.334. The molecule has 5 nitrogen and oxygen atoms in total. The van der Waals surface area contributed by atoms with Crippen LogP contribution in [0.25, 0.3) is 0 Å². The van der Waals surface area contributed by atoms with Gasteiger partial charge in [-0.1, -0.05) is 6.92 Å². The van der Waals surface area contributed by atoms with E-state index >= 15 is 0 Å². The first kappa shape index (κ1) is 12.9. The lowest BCUT2D eigenvalue weighted by Crippen LogP contribution is -2.02. The van der Waals surface area contributed by atoms with Gasteiger partial charge in [-0.05, 0) is 18.1 Å². The van der Waals surface area contributed by atoms with Gasteiger partial charge in [0.05, 0.1) is 4.92 Å². The van der Waals surface area contributed by atoms with Crippen LogP contribution in [0, 0.1) is 15.9 Å². The number of nitro benzene ring substituents is 1. The monoisotopic (exact) mass is 267 g/mol. The van der Waals surface area contributed by atoms with Crippen molar-refractivity contribution in [2.75, 3.05) is 0 Å². The molecule has 0 spiro atoms. The van der Waals surface area contributed by atoms with Gasteiger partial charge < -0.3 is 0 Å². The van der Waals surface area contributed by atoms with Crippen LogP contribution in [0.3, 0.4) is 0 Å². The molecule has 1 aromatic rings. The van der Waals surface area contributed by atoms with Gasteiger partial charge in [0, 0.05) is 16.7 Å². The summed E-state index contributed by atoms with van der Waals surface area (Å²) in [5.41, 5.74) is -0.564. The van der Waals surface area contributed by atoms with Crippen LogP contribution in [-0.2, 0) is 15.5 Å². The first-order chi connectivity index (χ1) is 7.27. The zero-order valence-electron chi connectivity index (χ0n) is 8.11. The Morgan fingerprint density at radius 3 is 2.44 bits per heavy atom. The number of benzene rings is 1. The lowest BCUT2D eigenvalue weighted by molar-refractivity contribution is -0.387. The SMILES string of the molecule is CCc1cc([N+](=O)[O-])c(F)c(S(=O)(=O)Cl)c1. The fourth-order valence-corrected chi connectivity index (χ4v) is 2.10. The predicted molar refractivity (Wildman–Crippen MR) is 55.5 cm³/mol. The topological polar surface area (TPSA) is 77.3 Å². The zero-order chi connectivity index (χ0) is 12.5. The Morgan fingerprint density at radius 1 is 1.50 bits per heavy atom. The van der Waals surface area contributed by atoms with Crippen molar-refractivity contribution in [3.63, 3.8) is 0 Å². The van der Waals surface area contributed by atoms with E-state index in [9.17, 15) is 22.9 Å². The van der Waals surface area contributed by atoms with Gasteiger partial charge in [0.2, 0.25) is 5.82 Å². The van der Waals surface area contributed by atoms with Crippen molar-refractivity contribution in [3.8, 4) is 0 Å². The van der Waals surface area contributed by atoms with Crippen LogP contribution < -0.4 is 0 Å². The van der Waals surface area contributed by atoms with Gasteiger partial charge in [0.25, 0.3) is 9.05 Å². The average Bonchev–Trinajstić information content (AvgIpc) is 2.15. The van der Waals surface area contributed by atoms with E-state index in [1.54, 1.807) is 6.92 Å². The Kier molecular flexibility index (Phi) is 3.49. The fourth-order valence-electron chi connectivity index (χ4n) is 1.15. The third-order valence-electron chi connectivity index (χ3n) is 1.95. The molecular weight excluding hydrogens is 261 g/mol. The normalized spacial score (nSPS) is 11.4. The highest BCUT2D eigenvalue weighted by atomic mass is 35.7. The molecule has 88 valence electrons. The molecule has 0 unspecified atom stereocenters. The minimum Gasteiger partial charge on any atom is -0.258 e. The summed E-state index contributed by atoms with van der Waals surface area (Å²) in [7, 11) is 0.650. The van der Waals surface area contributed by atoms with Crippen LogP contribution in [0.2, 0.25) is 0 Å². The van der Waals surface area contributed by atoms with Crippen molar-refractivity contribution in [1.82, 2.24) is 0 Å². The maximum Gasteiger partial charge on any atom is 0.306 e. The van der Waals surface area contributed by atoms with Crippen molar-refractivity contribution in [2.45, 2.75) is 18.2 Å². The fraction of sp³-hybridized carbons (Fsp3) is 0.250. The lowest BCUT2D eigenvalue weighted by atomic mass is 10.1. The van der Waals surface area contributed by atoms with Crippen LogP contribution in [0.1, 0.15) is 12.5 Å². The highest BCUT2D eigenvalue weighted by Gasteiger charge is 2.26. The highest BCUT2D eigenvalue weighted by molar-refractivity contribution is 8.13. The maximum atomic E-state index is 13.4. The van der Waals surface area contributed by atoms with E-state index in [1.165, 1.54) is 0 Å². The molecule has 0 heterocycles. The Bertz CT molecular complexity index is 543. The van der Waals surface area contributed by atoms with Crippen molar-refractivity contribution in [3.05, 3.63) is 33.6 Å². The first-order valence-electron chi connectivity index (χ1n) is 4.18. The summed E-state index contributed by atoms with van der Waals surface area (Å²) in [5.74, 6) is -1.43. The van der Waals surface area contributed by atoms with Crippen LogP contribution in [-0.4, -0.2) is 13.3 Å². The Balaban J connectivity index is 3.63. The molecule has 8 heteroatoms. The smallest absolute Gasteiger partial charge is 0.258 e. The molecule has 0 aliphatic carbocycles. The van der Waals surface area contributed by atoms with E-state index < -0.39 is 30.4 Å². The number of nitrogens with zero attached hydrogens (tertiary/aromatic N) is 1. The highest BCUT2D eigenvalue weighted by Crippen LogP contribution is 2.28. The molecule has 0 aliphatic heterocycles. The molecule has 1 rings (SSSR count). The Hall–Kier alpha value is -1.21. The molecule has 0 saturated heterocycles. The molecular formula is C8H7ClFNO4S. The molecule has 0 atom stereocenters. The van der Waals surface area contributed by atoms with Crippen molar-refractivity contribution in [1.29, 1.82) is 0 Å². The summed E-state index contributed by atoms with van der Waals surface area (Å²) in [6.45, 7) is 1.65. The van der Waals surface area contributed by atoms with Gasteiger partial charge in [-0.15, -0.1) is 0 Å². The minimum atomic E-state index is -4.33. The van der Waals surface area contributed by atoms with Crippen molar-refractivity contribution < 1.29 is 17.7 Å². The largest absolute Gasteiger partial charge is 0.306 e. The second kappa shape index (κ2) is 4.34. The molecule has 0 radical (unpaired) electrons. The Morgan fingerprint density at radius 2 is 2.06 bits per heavy atom. The number of hydrogen-bond donors (Lipinski definition) is 0. The standard InChI is InChI=1S/C8H7ClFNO4S/c1-2-5-3-6(11(12)13)8(10)7(4-5)16(9,14)15/h3-4H,2H2,1H3. The van der Waals surface area contributed by atoms with E-state index in [-0.39, 0.29) is 0 Å². The number of aryl methyl sites for hydroxylation is 1. The van der Waals surface area contributed by atoms with Crippen LogP contribution >= 0.6 is 10.7 Å². The van der Waals surface area contributed by atoms with Crippen LogP contribution in [0.4, 0.5) is 10.1 Å². The maximum absolute atomic E-state index is 13.4. The van der Waals surface area contributed by atoms with E-state index in [4.69, 9.17) is 10.7 Å². The van der Waals surface area contributed by atoms with Crippen molar-refractivity contribution in [2.24, 2.45) is 0 Å². The van der Waals surface area contributed by atoms with Gasteiger partial charge in [0.1, 0.15) is 4.90 Å². The van der Waals surface area contributed by atoms with E-state index in [1.807, 2.05) is 0 Å². The second-order valence-corrected chi connectivity index (χ2v) is 5.51. The molecule has 16 heavy (non-hydrogen) atoms. The summed E-state index contributed by atoms with van der Waals surface area (Å²) in [5, 5.41) is 10.5. The molecule has 0 aromatic heterocycles. The molecule has 0 N–H and O–H groups in total. The van der Waals surface area contributed by atoms with Gasteiger partial charge in [0.15, 0.2) is 0 Å². The molecule has 1 aromatic carbocycles. The van der Waals surface area contributed by atoms with Gasteiger partial charge in [-0.2, -0.15) is 4.39 Å². The number of hydrogen-bond acceptors (Lipinski definition) is 4. The molecule has 0 amide bonds. The minimum absolute atomic E-state index is 0.326. The summed E-state index contributed by atoms with van der Waals surface area (Å²) in [4.78, 5) is 8.65. The third kappa shape index (κ3) is 2.48. The second-order valence-electron chi connectivity index (χ2n) is 2.98. The van der Waals surface area contributed by atoms with Gasteiger partial charge >= 0.3 is 5.69 Å². The van der Waals surface area contributed by atoms with E-state index in [0.717, 1.165) is 12.1 Å². The first-order valence-corrected chi connectivity index (χ1v) is 6.49. The molecule has 0 fully saturated rings. The molecule has 0 bridgehead atoms. The lowest BCUT2D eigenvalue weighted by Gasteiger charge is -2.03. The van der Waals surface area contributed by atoms with E-state index in [2.05, 4.69) is 0 Å². The summed E-state index contributed by atoms with van der Waals surface area (Å²) < 4.78 is 35.4. The third-order valence-corrected chi connectivity index (χ3v) is 3.27. The predicted octanol–water partition coefficient (Wildman–Crippen LogP) is 2.22. The van der Waals surface area contributed by atoms with Crippen LogP contribution in [0.15, 0.2) is 17.0 Å². The van der Waals surface area contributed by atoms with Crippen LogP contribution in [0.5, 0.6) is 0 Å². The quantitative estimate of drug-likeness (QED) is 0.478. The Labute approximate surface area is 95.4 Å². The summed E-state index contributed by atoms with van der Waals surface area (Å²) in [6, 6.07) is 1.98.